The average Bonchev–Trinajstić information content (AvgIpc) is 2.82. The molecule has 6 N–H and O–H groups in total. The van der Waals surface area contributed by atoms with E-state index in [1.165, 1.54) is 11.1 Å². The van der Waals surface area contributed by atoms with E-state index in [0.717, 1.165) is 24.7 Å². The van der Waals surface area contributed by atoms with Gasteiger partial charge in [-0.05, 0) is 42.9 Å². The monoisotopic (exact) mass is 250 g/mol. The largest absolute Gasteiger partial charge is 0.396 e. The summed E-state index contributed by atoms with van der Waals surface area (Å²) in [6, 6.07) is 4.00. The van der Waals surface area contributed by atoms with Crippen LogP contribution in [0.25, 0.3) is 0 Å². The number of fused-ring (bicyclic) bond motifs is 1. The van der Waals surface area contributed by atoms with Gasteiger partial charge in [0.1, 0.15) is 5.69 Å². The Morgan fingerprint density at radius 3 is 2.72 bits per heavy atom. The minimum absolute atomic E-state index is 0.111. The van der Waals surface area contributed by atoms with Crippen LogP contribution in [0.2, 0.25) is 0 Å². The minimum atomic E-state index is 0.111. The fraction of sp³-hybridized carbons (Fsp3) is 0.462. The molecule has 1 aliphatic rings. The number of benzene rings is 1. The second-order valence-corrected chi connectivity index (χ2v) is 4.59. The Hall–Kier alpha value is -1.43. The molecule has 1 aromatic carbocycles. The van der Waals surface area contributed by atoms with E-state index in [2.05, 4.69) is 4.99 Å². The van der Waals surface area contributed by atoms with Crippen molar-refractivity contribution in [2.24, 2.45) is 10.7 Å². The number of aryl methyl sites for hydroxylation is 2. The predicted molar refractivity (Wildman–Crippen MR) is 69.4 cm³/mol. The Kier molecular flexibility index (Phi) is 4.30. The number of hydrogen-bond donors (Lipinski definition) is 4. The van der Waals surface area contributed by atoms with E-state index in [0.29, 0.717) is 30.1 Å². The fourth-order valence-corrected chi connectivity index (χ4v) is 2.30. The van der Waals surface area contributed by atoms with E-state index in [1.54, 1.807) is 0 Å². The van der Waals surface area contributed by atoms with Crippen LogP contribution in [0.15, 0.2) is 17.1 Å². The number of nitrogens with zero attached hydrogens (tertiary/aromatic N) is 1. The lowest BCUT2D eigenvalue weighted by atomic mass is 10.1. The molecule has 0 bridgehead atoms. The third kappa shape index (κ3) is 2.87. The molecule has 0 aliphatic heterocycles. The van der Waals surface area contributed by atoms with Crippen molar-refractivity contribution in [3.63, 3.8) is 0 Å². The highest BCUT2D eigenvalue weighted by Gasteiger charge is 2.16. The van der Waals surface area contributed by atoms with Crippen LogP contribution in [0.5, 0.6) is 0 Å². The van der Waals surface area contributed by atoms with E-state index in [4.69, 9.17) is 10.8 Å². The molecule has 2 rings (SSSR count). The van der Waals surface area contributed by atoms with Crippen molar-refractivity contribution in [3.05, 3.63) is 23.3 Å². The summed E-state index contributed by atoms with van der Waals surface area (Å²) in [5.41, 5.74) is 10.9. The number of quaternary nitrogens is 1. The first kappa shape index (κ1) is 13.0. The van der Waals surface area contributed by atoms with Crippen LogP contribution < -0.4 is 11.2 Å². The maximum Gasteiger partial charge on any atom is 0.188 e. The van der Waals surface area contributed by atoms with Crippen molar-refractivity contribution in [2.45, 2.75) is 32.1 Å². The van der Waals surface area contributed by atoms with Gasteiger partial charge in [-0.15, -0.1) is 0 Å². The Morgan fingerprint density at radius 1 is 1.33 bits per heavy atom. The lowest BCUT2D eigenvalue weighted by molar-refractivity contribution is -0.825. The summed E-state index contributed by atoms with van der Waals surface area (Å²) in [6.07, 6.45) is 4.48. The molecule has 5 nitrogen and oxygen atoms in total. The first-order valence-electron chi connectivity index (χ1n) is 6.31. The van der Waals surface area contributed by atoms with Crippen molar-refractivity contribution in [1.82, 2.24) is 0 Å². The summed E-state index contributed by atoms with van der Waals surface area (Å²) in [5, 5.41) is 18.0. The number of amidine groups is 1. The first-order chi connectivity index (χ1) is 8.74. The van der Waals surface area contributed by atoms with Crippen molar-refractivity contribution in [2.75, 3.05) is 6.61 Å². The molecule has 5 heteroatoms. The topological polar surface area (TPSA) is 95.5 Å². The third-order valence-corrected chi connectivity index (χ3v) is 3.24. The quantitative estimate of drug-likeness (QED) is 0.265. The van der Waals surface area contributed by atoms with Gasteiger partial charge in [-0.3, -0.25) is 0 Å². The molecule has 0 heterocycles. The Labute approximate surface area is 106 Å². The molecule has 0 aromatic heterocycles. The molecular formula is C13H20N3O2+. The summed E-state index contributed by atoms with van der Waals surface area (Å²) in [6.45, 7) is 0.111. The van der Waals surface area contributed by atoms with Crippen LogP contribution in [0.4, 0.5) is 11.4 Å². The summed E-state index contributed by atoms with van der Waals surface area (Å²) in [7, 11) is 0. The fourth-order valence-electron chi connectivity index (χ4n) is 2.30. The molecule has 0 fully saturated rings. The van der Waals surface area contributed by atoms with Gasteiger partial charge in [0.05, 0.1) is 5.84 Å². The molecule has 0 unspecified atom stereocenters. The highest BCUT2D eigenvalue weighted by Crippen LogP contribution is 2.31. The van der Waals surface area contributed by atoms with E-state index >= 15 is 0 Å². The number of hydrogen-bond acceptors (Lipinski definition) is 3. The summed E-state index contributed by atoms with van der Waals surface area (Å²) in [5.74, 6) is 0.491. The number of rotatable bonds is 5. The van der Waals surface area contributed by atoms with Crippen molar-refractivity contribution < 1.29 is 15.8 Å². The number of nitrogens with two attached hydrogens (primary N) is 2. The van der Waals surface area contributed by atoms with Gasteiger partial charge in [0.2, 0.25) is 0 Å². The molecular weight excluding hydrogens is 230 g/mol. The smallest absolute Gasteiger partial charge is 0.188 e. The Balaban J connectivity index is 2.26. The molecule has 18 heavy (non-hydrogen) atoms. The summed E-state index contributed by atoms with van der Waals surface area (Å²) < 4.78 is 0. The lowest BCUT2D eigenvalue weighted by Crippen LogP contribution is -2.73. The van der Waals surface area contributed by atoms with Crippen LogP contribution >= 0.6 is 0 Å². The zero-order chi connectivity index (χ0) is 13.0. The van der Waals surface area contributed by atoms with Gasteiger partial charge >= 0.3 is 0 Å². The molecule has 0 radical (unpaired) electrons. The second-order valence-electron chi connectivity index (χ2n) is 4.59. The molecule has 0 spiro atoms. The maximum absolute atomic E-state index is 9.26. The highest BCUT2D eigenvalue weighted by atomic mass is 16.5. The standard InChI is InChI=1S/C13H19N3O2/c14-13(5-2-6-17)15-11-7-9-3-1-4-10(9)8-12(11)16-18/h7-8,16-18H,1-6H2,(H2,14,15)/p+1. The van der Waals surface area contributed by atoms with Crippen LogP contribution in [0.1, 0.15) is 30.4 Å². The molecule has 0 saturated carbocycles. The van der Waals surface area contributed by atoms with Gasteiger partial charge in [0, 0.05) is 19.1 Å². The van der Waals surface area contributed by atoms with Gasteiger partial charge in [0.25, 0.3) is 0 Å². The lowest BCUT2D eigenvalue weighted by Gasteiger charge is -2.05. The third-order valence-electron chi connectivity index (χ3n) is 3.24. The van der Waals surface area contributed by atoms with E-state index in [1.807, 2.05) is 12.1 Å². The number of aliphatic hydroxyl groups is 1. The molecule has 0 amide bonds. The van der Waals surface area contributed by atoms with Crippen LogP contribution in [-0.2, 0) is 12.8 Å². The van der Waals surface area contributed by atoms with Gasteiger partial charge in [-0.25, -0.2) is 10.2 Å². The van der Waals surface area contributed by atoms with E-state index < -0.39 is 0 Å². The second kappa shape index (κ2) is 5.95. The molecule has 1 aliphatic carbocycles. The highest BCUT2D eigenvalue weighted by molar-refractivity contribution is 5.84. The summed E-state index contributed by atoms with van der Waals surface area (Å²) in [4.78, 5) is 4.34. The number of aliphatic hydroxyl groups excluding tert-OH is 1. The van der Waals surface area contributed by atoms with Gasteiger partial charge < -0.3 is 10.8 Å². The SMILES string of the molecule is NC(CCCO)=Nc1cc2c(cc1[NH2+]O)CCC2. The van der Waals surface area contributed by atoms with Crippen LogP contribution in [-0.4, -0.2) is 22.8 Å². The van der Waals surface area contributed by atoms with Crippen molar-refractivity contribution >= 4 is 17.2 Å². The zero-order valence-electron chi connectivity index (χ0n) is 10.4. The number of aliphatic imine (C=N–C) groups is 1. The molecule has 98 valence electrons. The molecule has 1 aromatic rings. The zero-order valence-corrected chi connectivity index (χ0v) is 10.4. The van der Waals surface area contributed by atoms with Crippen molar-refractivity contribution in [1.29, 1.82) is 0 Å². The Bertz CT molecular complexity index is 458. The van der Waals surface area contributed by atoms with Crippen LogP contribution in [0, 0.1) is 0 Å². The van der Waals surface area contributed by atoms with E-state index in [9.17, 15) is 5.21 Å². The van der Waals surface area contributed by atoms with E-state index in [-0.39, 0.29) is 6.61 Å². The Morgan fingerprint density at radius 2 is 2.06 bits per heavy atom. The first-order valence-corrected chi connectivity index (χ1v) is 6.31. The molecule has 0 atom stereocenters. The summed E-state index contributed by atoms with van der Waals surface area (Å²) >= 11 is 0. The van der Waals surface area contributed by atoms with Gasteiger partial charge in [0.15, 0.2) is 5.69 Å². The molecule has 0 saturated heterocycles. The van der Waals surface area contributed by atoms with Crippen LogP contribution in [0.3, 0.4) is 0 Å². The normalized spacial score (nSPS) is 14.9. The minimum Gasteiger partial charge on any atom is -0.396 e. The predicted octanol–water partition coefficient (Wildman–Crippen LogP) is 0.521. The maximum atomic E-state index is 9.26. The van der Waals surface area contributed by atoms with Gasteiger partial charge in [-0.2, -0.15) is 5.48 Å². The van der Waals surface area contributed by atoms with Crippen molar-refractivity contribution in [3.8, 4) is 0 Å². The average molecular weight is 250 g/mol. The van der Waals surface area contributed by atoms with Gasteiger partial charge in [-0.1, -0.05) is 0 Å².